The summed E-state index contributed by atoms with van der Waals surface area (Å²) < 4.78 is 47.6. The van der Waals surface area contributed by atoms with Crippen molar-refractivity contribution in [2.45, 2.75) is 30.7 Å². The van der Waals surface area contributed by atoms with Crippen molar-refractivity contribution in [3.05, 3.63) is 75.3 Å². The third kappa shape index (κ3) is 6.99. The molecule has 2 N–H and O–H groups in total. The van der Waals surface area contributed by atoms with Gasteiger partial charge in [0.25, 0.3) is 11.6 Å². The zero-order chi connectivity index (χ0) is 26.3. The van der Waals surface area contributed by atoms with Crippen molar-refractivity contribution in [3.63, 3.8) is 0 Å². The van der Waals surface area contributed by atoms with Crippen molar-refractivity contribution in [1.29, 1.82) is 0 Å². The third-order valence-corrected chi connectivity index (χ3v) is 5.10. The summed E-state index contributed by atoms with van der Waals surface area (Å²) in [5.74, 6) is -4.07. The Kier molecular flexibility index (Phi) is 8.89. The number of methoxy groups -OCH3 is 2. The first kappa shape index (κ1) is 27.2. The van der Waals surface area contributed by atoms with Crippen molar-refractivity contribution in [2.75, 3.05) is 14.2 Å². The highest BCUT2D eigenvalue weighted by molar-refractivity contribution is 5.88. The number of aliphatic hydroxyl groups is 1. The molecular formula is C22H21F3N2O8. The molecule has 0 radical (unpaired) electrons. The molecular weight excluding hydrogens is 477 g/mol. The zero-order valence-electron chi connectivity index (χ0n) is 18.4. The second-order valence-electron chi connectivity index (χ2n) is 7.27. The third-order valence-electron chi connectivity index (χ3n) is 5.10. The number of nitrogens with one attached hydrogen (secondary N) is 1. The molecule has 1 amide bonds. The molecule has 188 valence electrons. The number of alkyl halides is 3. The molecule has 0 saturated carbocycles. The number of hydrogen-bond donors (Lipinski definition) is 2. The van der Waals surface area contributed by atoms with Crippen LogP contribution in [-0.2, 0) is 30.0 Å². The van der Waals surface area contributed by atoms with Crippen molar-refractivity contribution < 1.29 is 47.1 Å². The van der Waals surface area contributed by atoms with Gasteiger partial charge in [0.05, 0.1) is 31.1 Å². The number of halogens is 3. The van der Waals surface area contributed by atoms with Crippen LogP contribution in [0.25, 0.3) is 0 Å². The summed E-state index contributed by atoms with van der Waals surface area (Å²) in [4.78, 5) is 47.5. The average molecular weight is 498 g/mol. The Morgan fingerprint density at radius 1 is 1.00 bits per heavy atom. The predicted octanol–water partition coefficient (Wildman–Crippen LogP) is 2.65. The summed E-state index contributed by atoms with van der Waals surface area (Å²) in [5, 5.41) is 23.5. The summed E-state index contributed by atoms with van der Waals surface area (Å²) in [6.45, 7) is 0. The van der Waals surface area contributed by atoms with E-state index in [0.29, 0.717) is 12.1 Å². The molecule has 13 heteroatoms. The van der Waals surface area contributed by atoms with Crippen molar-refractivity contribution in [1.82, 2.24) is 5.32 Å². The monoisotopic (exact) mass is 498 g/mol. The van der Waals surface area contributed by atoms with E-state index in [-0.39, 0.29) is 16.8 Å². The number of benzene rings is 2. The molecule has 10 nitrogen and oxygen atoms in total. The second kappa shape index (κ2) is 11.4. The summed E-state index contributed by atoms with van der Waals surface area (Å²) in [5.41, 5.74) is -1.20. The van der Waals surface area contributed by atoms with Crippen LogP contribution < -0.4 is 5.32 Å². The van der Waals surface area contributed by atoms with E-state index < -0.39 is 59.0 Å². The van der Waals surface area contributed by atoms with Crippen LogP contribution in [0.15, 0.2) is 48.5 Å². The number of esters is 2. The second-order valence-corrected chi connectivity index (χ2v) is 7.27. The largest absolute Gasteiger partial charge is 0.469 e. The normalized spacial score (nSPS) is 13.8. The van der Waals surface area contributed by atoms with Crippen molar-refractivity contribution in [2.24, 2.45) is 0 Å². The number of rotatable bonds is 9. The first-order valence-electron chi connectivity index (χ1n) is 9.93. The lowest BCUT2D eigenvalue weighted by molar-refractivity contribution is -0.384. The molecule has 0 fully saturated rings. The van der Waals surface area contributed by atoms with Crippen molar-refractivity contribution in [3.8, 4) is 0 Å². The molecule has 35 heavy (non-hydrogen) atoms. The maximum atomic E-state index is 12.8. The van der Waals surface area contributed by atoms with Gasteiger partial charge in [-0.2, -0.15) is 13.2 Å². The van der Waals surface area contributed by atoms with Crippen LogP contribution in [0.4, 0.5) is 18.9 Å². The number of ether oxygens (including phenoxy) is 2. The quantitative estimate of drug-likeness (QED) is 0.305. The van der Waals surface area contributed by atoms with E-state index in [1.54, 1.807) is 0 Å². The van der Waals surface area contributed by atoms with E-state index in [9.17, 15) is 42.8 Å². The molecule has 0 spiro atoms. The van der Waals surface area contributed by atoms with Gasteiger partial charge in [-0.25, -0.2) is 4.79 Å². The molecule has 0 heterocycles. The van der Waals surface area contributed by atoms with Gasteiger partial charge in [0.2, 0.25) is 0 Å². The molecule has 0 bridgehead atoms. The molecule has 2 aromatic carbocycles. The Morgan fingerprint density at radius 2 is 1.54 bits per heavy atom. The van der Waals surface area contributed by atoms with E-state index in [4.69, 9.17) is 4.74 Å². The molecule has 2 aromatic rings. The van der Waals surface area contributed by atoms with E-state index >= 15 is 0 Å². The number of non-ortho nitro benzene ring substituents is 1. The van der Waals surface area contributed by atoms with E-state index in [1.165, 1.54) is 12.1 Å². The molecule has 0 aliphatic carbocycles. The Hall–Kier alpha value is -4.00. The van der Waals surface area contributed by atoms with Gasteiger partial charge in [-0.3, -0.25) is 19.7 Å². The van der Waals surface area contributed by atoms with Crippen LogP contribution >= 0.6 is 0 Å². The lowest BCUT2D eigenvalue weighted by Crippen LogP contribution is -2.47. The fourth-order valence-electron chi connectivity index (χ4n) is 3.22. The molecule has 0 aliphatic heterocycles. The van der Waals surface area contributed by atoms with Gasteiger partial charge in [0.15, 0.2) is 6.10 Å². The topological polar surface area (TPSA) is 145 Å². The number of carbonyl (C=O) groups excluding carboxylic acids is 3. The summed E-state index contributed by atoms with van der Waals surface area (Å²) in [7, 11) is 2.11. The fraction of sp³-hybridized carbons (Fsp3) is 0.318. The standard InChI is InChI=1S/C22H21F3N2O8/c1-34-17(28)11-16(12-5-9-15(10-6-12)27(32)33)18(21(31)35-2)26-20(30)19(29)13-3-7-14(8-4-13)22(23,24)25/h3-10,16,18-19,29H,11H2,1-2H3,(H,26,30)/t16-,18-,19+/m0/s1. The average Bonchev–Trinajstić information content (AvgIpc) is 2.84. The van der Waals surface area contributed by atoms with Crippen LogP contribution in [0.2, 0.25) is 0 Å². The number of nitro benzene ring substituents is 1. The highest BCUT2D eigenvalue weighted by Gasteiger charge is 2.36. The lowest BCUT2D eigenvalue weighted by atomic mass is 9.88. The summed E-state index contributed by atoms with van der Waals surface area (Å²) >= 11 is 0. The smallest absolute Gasteiger partial charge is 0.416 e. The highest BCUT2D eigenvalue weighted by atomic mass is 19.4. The lowest BCUT2D eigenvalue weighted by Gasteiger charge is -2.27. The van der Waals surface area contributed by atoms with Gasteiger partial charge in [0, 0.05) is 18.1 Å². The summed E-state index contributed by atoms with van der Waals surface area (Å²) in [6.07, 6.45) is -7.03. The van der Waals surface area contributed by atoms with Gasteiger partial charge in [-0.05, 0) is 23.3 Å². The minimum absolute atomic E-state index is 0.182. The van der Waals surface area contributed by atoms with Gasteiger partial charge < -0.3 is 19.9 Å². The van der Waals surface area contributed by atoms with Crippen LogP contribution in [-0.4, -0.2) is 48.1 Å². The molecule has 2 rings (SSSR count). The number of nitrogens with zero attached hydrogens (tertiary/aromatic N) is 1. The molecule has 0 unspecified atom stereocenters. The van der Waals surface area contributed by atoms with Gasteiger partial charge in [-0.1, -0.05) is 24.3 Å². The van der Waals surface area contributed by atoms with Gasteiger partial charge >= 0.3 is 18.1 Å². The van der Waals surface area contributed by atoms with Crippen LogP contribution in [0, 0.1) is 10.1 Å². The number of hydrogen-bond acceptors (Lipinski definition) is 8. The van der Waals surface area contributed by atoms with Gasteiger partial charge in [0.1, 0.15) is 6.04 Å². The zero-order valence-corrected chi connectivity index (χ0v) is 18.4. The summed E-state index contributed by atoms with van der Waals surface area (Å²) in [6, 6.07) is 6.43. The SMILES string of the molecule is COC(=O)C[C@@H](c1ccc([N+](=O)[O-])cc1)[C@H](NC(=O)[C@H](O)c1ccc(C(F)(F)F)cc1)C(=O)OC. The molecule has 3 atom stereocenters. The highest BCUT2D eigenvalue weighted by Crippen LogP contribution is 2.31. The Labute approximate surface area is 196 Å². The first-order valence-corrected chi connectivity index (χ1v) is 9.93. The van der Waals surface area contributed by atoms with E-state index in [2.05, 4.69) is 10.1 Å². The Morgan fingerprint density at radius 3 is 2.00 bits per heavy atom. The van der Waals surface area contributed by atoms with Gasteiger partial charge in [-0.15, -0.1) is 0 Å². The number of carbonyl (C=O) groups is 3. The maximum Gasteiger partial charge on any atom is 0.416 e. The van der Waals surface area contributed by atoms with Crippen LogP contribution in [0.3, 0.4) is 0 Å². The van der Waals surface area contributed by atoms with E-state index in [0.717, 1.165) is 38.5 Å². The first-order chi connectivity index (χ1) is 16.4. The minimum Gasteiger partial charge on any atom is -0.469 e. The fourth-order valence-corrected chi connectivity index (χ4v) is 3.22. The Balaban J connectivity index is 2.36. The van der Waals surface area contributed by atoms with E-state index in [1.807, 2.05) is 0 Å². The molecule has 0 aromatic heterocycles. The molecule has 0 saturated heterocycles. The number of aliphatic hydroxyl groups excluding tert-OH is 1. The van der Waals surface area contributed by atoms with Crippen molar-refractivity contribution >= 4 is 23.5 Å². The Bertz CT molecular complexity index is 1070. The minimum atomic E-state index is -4.62. The molecule has 0 aliphatic rings. The predicted molar refractivity (Wildman–Crippen MR) is 113 cm³/mol. The number of amides is 1. The van der Waals surface area contributed by atoms with Crippen LogP contribution in [0.5, 0.6) is 0 Å². The van der Waals surface area contributed by atoms with Crippen LogP contribution in [0.1, 0.15) is 35.1 Å². The maximum absolute atomic E-state index is 12.8. The number of nitro groups is 1.